The number of amides is 2. The molecular formula is C16H22N2O3. The first-order valence-corrected chi connectivity index (χ1v) is 7.45. The van der Waals surface area contributed by atoms with Gasteiger partial charge in [0.05, 0.1) is 11.3 Å². The maximum Gasteiger partial charge on any atom is 0.338 e. The molecule has 0 heterocycles. The molecule has 0 aliphatic heterocycles. The molecule has 5 heteroatoms. The molecule has 0 atom stereocenters. The normalized spacial score (nSPS) is 14.9. The molecule has 2 rings (SSSR count). The van der Waals surface area contributed by atoms with Gasteiger partial charge in [-0.15, -0.1) is 0 Å². The van der Waals surface area contributed by atoms with E-state index in [-0.39, 0.29) is 11.6 Å². The SMILES string of the molecule is Cc1cccc(NC(=O)NCCC2CCCC2)c1C(=O)O. The lowest BCUT2D eigenvalue weighted by molar-refractivity contribution is 0.0697. The largest absolute Gasteiger partial charge is 0.478 e. The number of benzene rings is 1. The van der Waals surface area contributed by atoms with Crippen molar-refractivity contribution in [3.63, 3.8) is 0 Å². The fraction of sp³-hybridized carbons (Fsp3) is 0.500. The Hall–Kier alpha value is -2.04. The predicted octanol–water partition coefficient (Wildman–Crippen LogP) is 3.40. The van der Waals surface area contributed by atoms with Gasteiger partial charge in [0.2, 0.25) is 0 Å². The summed E-state index contributed by atoms with van der Waals surface area (Å²) in [6, 6.07) is 4.70. The minimum Gasteiger partial charge on any atom is -0.478 e. The van der Waals surface area contributed by atoms with Gasteiger partial charge in [-0.2, -0.15) is 0 Å². The Kier molecular flexibility index (Phi) is 5.20. The molecule has 3 N–H and O–H groups in total. The molecule has 0 radical (unpaired) electrons. The van der Waals surface area contributed by atoms with Crippen LogP contribution in [0.15, 0.2) is 18.2 Å². The molecule has 1 aromatic carbocycles. The van der Waals surface area contributed by atoms with Crippen molar-refractivity contribution in [2.75, 3.05) is 11.9 Å². The molecule has 0 unspecified atom stereocenters. The summed E-state index contributed by atoms with van der Waals surface area (Å²) in [5, 5.41) is 14.6. The molecule has 21 heavy (non-hydrogen) atoms. The lowest BCUT2D eigenvalue weighted by Crippen LogP contribution is -2.31. The Labute approximate surface area is 124 Å². The number of hydrogen-bond acceptors (Lipinski definition) is 2. The van der Waals surface area contributed by atoms with Crippen molar-refractivity contribution in [2.24, 2.45) is 5.92 Å². The van der Waals surface area contributed by atoms with Gasteiger partial charge in [-0.25, -0.2) is 9.59 Å². The maximum atomic E-state index is 11.9. The number of aryl methyl sites for hydroxylation is 1. The first kappa shape index (κ1) is 15.4. The number of carboxylic acid groups (broad SMARTS) is 1. The monoisotopic (exact) mass is 290 g/mol. The van der Waals surface area contributed by atoms with E-state index in [1.165, 1.54) is 25.7 Å². The zero-order valence-corrected chi connectivity index (χ0v) is 12.3. The Morgan fingerprint density at radius 2 is 2.00 bits per heavy atom. The van der Waals surface area contributed by atoms with Crippen LogP contribution in [0.25, 0.3) is 0 Å². The van der Waals surface area contributed by atoms with Crippen LogP contribution >= 0.6 is 0 Å². The highest BCUT2D eigenvalue weighted by Crippen LogP contribution is 2.26. The maximum absolute atomic E-state index is 11.9. The summed E-state index contributed by atoms with van der Waals surface area (Å²) in [5.41, 5.74) is 1.11. The number of urea groups is 1. The second-order valence-corrected chi connectivity index (χ2v) is 5.62. The van der Waals surface area contributed by atoms with Crippen molar-refractivity contribution in [3.05, 3.63) is 29.3 Å². The summed E-state index contributed by atoms with van der Waals surface area (Å²) in [5.74, 6) is -0.312. The molecule has 2 amide bonds. The molecule has 1 aromatic rings. The zero-order valence-electron chi connectivity index (χ0n) is 12.3. The molecule has 0 spiro atoms. The summed E-state index contributed by atoms with van der Waals surface area (Å²) >= 11 is 0. The Morgan fingerprint density at radius 1 is 1.29 bits per heavy atom. The van der Waals surface area contributed by atoms with Crippen LogP contribution in [0.3, 0.4) is 0 Å². The highest BCUT2D eigenvalue weighted by atomic mass is 16.4. The highest BCUT2D eigenvalue weighted by Gasteiger charge is 2.16. The Morgan fingerprint density at radius 3 is 2.67 bits per heavy atom. The van der Waals surface area contributed by atoms with Gasteiger partial charge in [0.25, 0.3) is 0 Å². The van der Waals surface area contributed by atoms with Gasteiger partial charge < -0.3 is 15.7 Å². The van der Waals surface area contributed by atoms with Crippen LogP contribution in [0.2, 0.25) is 0 Å². The zero-order chi connectivity index (χ0) is 15.2. The first-order chi connectivity index (χ1) is 10.1. The smallest absolute Gasteiger partial charge is 0.338 e. The number of hydrogen-bond donors (Lipinski definition) is 3. The van der Waals surface area contributed by atoms with Crippen molar-refractivity contribution in [1.29, 1.82) is 0 Å². The van der Waals surface area contributed by atoms with E-state index in [0.29, 0.717) is 17.8 Å². The third kappa shape index (κ3) is 4.21. The van der Waals surface area contributed by atoms with Crippen LogP contribution in [0.1, 0.15) is 48.0 Å². The topological polar surface area (TPSA) is 78.4 Å². The van der Waals surface area contributed by atoms with Crippen molar-refractivity contribution >= 4 is 17.7 Å². The Balaban J connectivity index is 1.87. The molecule has 114 valence electrons. The molecule has 0 bridgehead atoms. The number of carboxylic acids is 1. The van der Waals surface area contributed by atoms with E-state index in [1.54, 1.807) is 25.1 Å². The molecule has 0 saturated heterocycles. The summed E-state index contributed by atoms with van der Waals surface area (Å²) in [6.45, 7) is 2.34. The second-order valence-electron chi connectivity index (χ2n) is 5.62. The van der Waals surface area contributed by atoms with E-state index in [0.717, 1.165) is 12.3 Å². The fourth-order valence-electron chi connectivity index (χ4n) is 2.91. The molecule has 1 aliphatic rings. The number of nitrogens with one attached hydrogen (secondary N) is 2. The van der Waals surface area contributed by atoms with Crippen molar-refractivity contribution in [1.82, 2.24) is 5.32 Å². The fourth-order valence-corrected chi connectivity index (χ4v) is 2.91. The average Bonchev–Trinajstić information content (AvgIpc) is 2.91. The van der Waals surface area contributed by atoms with E-state index in [2.05, 4.69) is 10.6 Å². The van der Waals surface area contributed by atoms with Crippen LogP contribution in [0.5, 0.6) is 0 Å². The Bertz CT molecular complexity index is 522. The minimum absolute atomic E-state index is 0.142. The molecular weight excluding hydrogens is 268 g/mol. The number of carbonyl (C=O) groups is 2. The standard InChI is InChI=1S/C16H22N2O3/c1-11-5-4-8-13(14(11)15(19)20)18-16(21)17-10-9-12-6-2-3-7-12/h4-5,8,12H,2-3,6-7,9-10H2,1H3,(H,19,20)(H2,17,18,21). The van der Waals surface area contributed by atoms with Gasteiger partial charge >= 0.3 is 12.0 Å². The van der Waals surface area contributed by atoms with Crippen LogP contribution < -0.4 is 10.6 Å². The van der Waals surface area contributed by atoms with Crippen LogP contribution in [-0.4, -0.2) is 23.7 Å². The van der Waals surface area contributed by atoms with E-state index in [4.69, 9.17) is 0 Å². The average molecular weight is 290 g/mol. The number of anilines is 1. The summed E-state index contributed by atoms with van der Waals surface area (Å²) in [4.78, 5) is 23.1. The second kappa shape index (κ2) is 7.11. The number of carbonyl (C=O) groups excluding carboxylic acids is 1. The molecule has 0 aromatic heterocycles. The minimum atomic E-state index is -1.03. The van der Waals surface area contributed by atoms with E-state index >= 15 is 0 Å². The first-order valence-electron chi connectivity index (χ1n) is 7.45. The van der Waals surface area contributed by atoms with Crippen molar-refractivity contribution in [3.8, 4) is 0 Å². The third-order valence-electron chi connectivity index (χ3n) is 4.05. The predicted molar refractivity (Wildman–Crippen MR) is 81.7 cm³/mol. The van der Waals surface area contributed by atoms with Gasteiger partial charge in [0.15, 0.2) is 0 Å². The number of aromatic carboxylic acids is 1. The van der Waals surface area contributed by atoms with Gasteiger partial charge in [-0.05, 0) is 30.9 Å². The highest BCUT2D eigenvalue weighted by molar-refractivity contribution is 6.01. The van der Waals surface area contributed by atoms with Gasteiger partial charge in [-0.1, -0.05) is 37.8 Å². The van der Waals surface area contributed by atoms with E-state index in [1.807, 2.05) is 0 Å². The van der Waals surface area contributed by atoms with E-state index < -0.39 is 5.97 Å². The molecule has 5 nitrogen and oxygen atoms in total. The van der Waals surface area contributed by atoms with Crippen LogP contribution in [0, 0.1) is 12.8 Å². The lowest BCUT2D eigenvalue weighted by atomic mass is 10.0. The molecule has 1 saturated carbocycles. The van der Waals surface area contributed by atoms with Gasteiger partial charge in [-0.3, -0.25) is 0 Å². The van der Waals surface area contributed by atoms with Crippen molar-refractivity contribution in [2.45, 2.75) is 39.0 Å². The van der Waals surface area contributed by atoms with Crippen LogP contribution in [0.4, 0.5) is 10.5 Å². The molecule has 1 aliphatic carbocycles. The van der Waals surface area contributed by atoms with Crippen LogP contribution in [-0.2, 0) is 0 Å². The van der Waals surface area contributed by atoms with Crippen molar-refractivity contribution < 1.29 is 14.7 Å². The quantitative estimate of drug-likeness (QED) is 0.777. The molecule has 1 fully saturated rings. The van der Waals surface area contributed by atoms with E-state index in [9.17, 15) is 14.7 Å². The third-order valence-corrected chi connectivity index (χ3v) is 4.05. The summed E-state index contributed by atoms with van der Waals surface area (Å²) in [6.07, 6.45) is 6.09. The number of rotatable bonds is 5. The summed E-state index contributed by atoms with van der Waals surface area (Å²) < 4.78 is 0. The lowest BCUT2D eigenvalue weighted by Gasteiger charge is -2.13. The van der Waals surface area contributed by atoms with Gasteiger partial charge in [0.1, 0.15) is 0 Å². The summed E-state index contributed by atoms with van der Waals surface area (Å²) in [7, 11) is 0. The van der Waals surface area contributed by atoms with Gasteiger partial charge in [0, 0.05) is 6.54 Å².